The van der Waals surface area contributed by atoms with Gasteiger partial charge in [-0.1, -0.05) is 84.9 Å². The zero-order chi connectivity index (χ0) is 24.3. The number of rotatable bonds is 0. The molecule has 0 bridgehead atoms. The standard InChI is InChI=1S/C38H22/c1-3-10-25-20(7-1)17-30-34(25)27-13-12-23-15-24-14-21-8-5-9-22-18-29-28-16-19-6-2-4-11-26(19)35(30)38(28)36(27)32(23)37(29)33(24)31(21)22/h1-13,15H,14,16-18H2. The highest BCUT2D eigenvalue weighted by Gasteiger charge is 2.37. The van der Waals surface area contributed by atoms with Crippen LogP contribution in [0.1, 0.15) is 44.5 Å². The van der Waals surface area contributed by atoms with Gasteiger partial charge in [0.15, 0.2) is 0 Å². The van der Waals surface area contributed by atoms with Gasteiger partial charge in [-0.15, -0.1) is 0 Å². The van der Waals surface area contributed by atoms with Gasteiger partial charge in [-0.3, -0.25) is 0 Å². The third-order valence-electron chi connectivity index (χ3n) is 10.3. The van der Waals surface area contributed by atoms with Gasteiger partial charge in [0.05, 0.1) is 0 Å². The summed E-state index contributed by atoms with van der Waals surface area (Å²) in [5, 5.41) is 9.04. The predicted octanol–water partition coefficient (Wildman–Crippen LogP) is 9.20. The van der Waals surface area contributed by atoms with Crippen molar-refractivity contribution in [1.82, 2.24) is 0 Å². The smallest absolute Gasteiger partial charge is 0.000683 e. The van der Waals surface area contributed by atoms with Crippen molar-refractivity contribution in [3.05, 3.63) is 129 Å². The maximum atomic E-state index is 2.52. The topological polar surface area (TPSA) is 0 Å². The average Bonchev–Trinajstić information content (AvgIpc) is 3.53. The number of fused-ring (bicyclic) bond motifs is 8. The summed E-state index contributed by atoms with van der Waals surface area (Å²) in [5.41, 5.74) is 21.3. The van der Waals surface area contributed by atoms with Crippen LogP contribution in [0.5, 0.6) is 0 Å². The first-order valence-electron chi connectivity index (χ1n) is 14.0. The Balaban J connectivity index is 1.47. The van der Waals surface area contributed by atoms with Crippen molar-refractivity contribution in [3.63, 3.8) is 0 Å². The molecular formula is C38H22. The lowest BCUT2D eigenvalue weighted by Crippen LogP contribution is -2.12. The number of hydrogen-bond donors (Lipinski definition) is 0. The summed E-state index contributed by atoms with van der Waals surface area (Å²) in [6, 6.07) is 32.8. The van der Waals surface area contributed by atoms with Crippen LogP contribution in [0.4, 0.5) is 0 Å². The van der Waals surface area contributed by atoms with Gasteiger partial charge in [-0.05, 0) is 136 Å². The molecule has 0 atom stereocenters. The zero-order valence-corrected chi connectivity index (χ0v) is 20.9. The summed E-state index contributed by atoms with van der Waals surface area (Å²) >= 11 is 0. The normalized spacial score (nSPS) is 14.9. The molecule has 7 aromatic carbocycles. The van der Waals surface area contributed by atoms with Crippen LogP contribution < -0.4 is 0 Å². The molecule has 4 aliphatic rings. The molecule has 0 aliphatic heterocycles. The minimum Gasteiger partial charge on any atom is -0.0619 e. The van der Waals surface area contributed by atoms with Gasteiger partial charge in [-0.25, -0.2) is 0 Å². The first kappa shape index (κ1) is 18.8. The lowest BCUT2D eigenvalue weighted by molar-refractivity contribution is 1.10. The lowest BCUT2D eigenvalue weighted by atomic mass is 9.71. The molecule has 0 nitrogen and oxygen atoms in total. The summed E-state index contributed by atoms with van der Waals surface area (Å²) < 4.78 is 0. The molecule has 0 N–H and O–H groups in total. The second kappa shape index (κ2) is 6.00. The van der Waals surface area contributed by atoms with E-state index in [1.165, 1.54) is 71.6 Å². The molecule has 7 aromatic rings. The Morgan fingerprint density at radius 1 is 0.368 bits per heavy atom. The van der Waals surface area contributed by atoms with Gasteiger partial charge >= 0.3 is 0 Å². The van der Waals surface area contributed by atoms with Crippen molar-refractivity contribution >= 4 is 32.3 Å². The molecule has 0 radical (unpaired) electrons. The predicted molar refractivity (Wildman–Crippen MR) is 158 cm³/mol. The first-order chi connectivity index (χ1) is 18.8. The fourth-order valence-electron chi connectivity index (χ4n) is 8.97. The first-order valence-corrected chi connectivity index (χ1v) is 14.0. The fourth-order valence-corrected chi connectivity index (χ4v) is 8.97. The van der Waals surface area contributed by atoms with Gasteiger partial charge in [0, 0.05) is 0 Å². The fraction of sp³-hybridized carbons (Fsp3) is 0.105. The van der Waals surface area contributed by atoms with E-state index in [1.54, 1.807) is 38.6 Å². The highest BCUT2D eigenvalue weighted by molar-refractivity contribution is 6.34. The lowest BCUT2D eigenvalue weighted by Gasteiger charge is -2.32. The highest BCUT2D eigenvalue weighted by atomic mass is 14.4. The molecule has 0 heterocycles. The molecule has 0 fully saturated rings. The minimum absolute atomic E-state index is 1.03. The molecule has 4 aliphatic carbocycles. The molecule has 174 valence electrons. The summed E-state index contributed by atoms with van der Waals surface area (Å²) in [4.78, 5) is 0. The Morgan fingerprint density at radius 2 is 1.00 bits per heavy atom. The largest absolute Gasteiger partial charge is 0.0619 e. The van der Waals surface area contributed by atoms with Crippen molar-refractivity contribution in [2.45, 2.75) is 25.7 Å². The molecule has 0 aromatic heterocycles. The van der Waals surface area contributed by atoms with Gasteiger partial charge in [-0.2, -0.15) is 0 Å². The second-order valence-corrected chi connectivity index (χ2v) is 11.9. The van der Waals surface area contributed by atoms with E-state index in [1.807, 2.05) is 0 Å². The van der Waals surface area contributed by atoms with E-state index in [4.69, 9.17) is 0 Å². The highest BCUT2D eigenvalue weighted by Crippen LogP contribution is 2.59. The Morgan fingerprint density at radius 3 is 1.82 bits per heavy atom. The Labute approximate surface area is 220 Å². The molecular weight excluding hydrogens is 456 g/mol. The minimum atomic E-state index is 1.03. The molecule has 0 amide bonds. The van der Waals surface area contributed by atoms with E-state index in [2.05, 4.69) is 84.9 Å². The van der Waals surface area contributed by atoms with E-state index in [0.29, 0.717) is 0 Å². The molecule has 0 heteroatoms. The van der Waals surface area contributed by atoms with Crippen molar-refractivity contribution in [2.75, 3.05) is 0 Å². The quantitative estimate of drug-likeness (QED) is 0.191. The monoisotopic (exact) mass is 478 g/mol. The van der Waals surface area contributed by atoms with E-state index >= 15 is 0 Å². The number of benzene rings is 7. The zero-order valence-electron chi connectivity index (χ0n) is 20.9. The van der Waals surface area contributed by atoms with Crippen LogP contribution in [0.2, 0.25) is 0 Å². The maximum Gasteiger partial charge on any atom is -0.000683 e. The Bertz CT molecular complexity index is 2280. The van der Waals surface area contributed by atoms with E-state index in [9.17, 15) is 0 Å². The third kappa shape index (κ3) is 1.90. The van der Waals surface area contributed by atoms with E-state index < -0.39 is 0 Å². The summed E-state index contributed by atoms with van der Waals surface area (Å²) in [6.45, 7) is 0. The van der Waals surface area contributed by atoms with E-state index in [0.717, 1.165) is 25.7 Å². The Kier molecular flexibility index (Phi) is 2.96. The van der Waals surface area contributed by atoms with Crippen molar-refractivity contribution in [3.8, 4) is 33.4 Å². The Hall–Kier alpha value is -4.42. The molecule has 11 rings (SSSR count). The third-order valence-corrected chi connectivity index (χ3v) is 10.3. The molecule has 0 unspecified atom stereocenters. The van der Waals surface area contributed by atoms with Crippen LogP contribution in [-0.2, 0) is 25.7 Å². The number of hydrogen-bond acceptors (Lipinski definition) is 0. The molecule has 0 saturated carbocycles. The van der Waals surface area contributed by atoms with Crippen LogP contribution in [-0.4, -0.2) is 0 Å². The van der Waals surface area contributed by atoms with Crippen molar-refractivity contribution in [1.29, 1.82) is 0 Å². The molecule has 0 saturated heterocycles. The summed E-state index contributed by atoms with van der Waals surface area (Å²) in [6.07, 6.45) is 4.19. The van der Waals surface area contributed by atoms with Crippen LogP contribution in [0.3, 0.4) is 0 Å². The van der Waals surface area contributed by atoms with Crippen LogP contribution in [0.15, 0.2) is 84.9 Å². The summed E-state index contributed by atoms with van der Waals surface area (Å²) in [7, 11) is 0. The summed E-state index contributed by atoms with van der Waals surface area (Å²) in [5.74, 6) is 0. The SMILES string of the molecule is c1ccc2c(c1)Cc1c-2c2ccc3cc4c5c6c(c7c(c1-c1ccccc1C7)c2c36)Cc1cccc(c1-5)C4. The van der Waals surface area contributed by atoms with Crippen LogP contribution in [0, 0.1) is 0 Å². The molecule has 0 spiro atoms. The van der Waals surface area contributed by atoms with E-state index in [-0.39, 0.29) is 0 Å². The van der Waals surface area contributed by atoms with Gasteiger partial charge in [0.2, 0.25) is 0 Å². The average molecular weight is 479 g/mol. The maximum absolute atomic E-state index is 2.52. The van der Waals surface area contributed by atoms with Crippen molar-refractivity contribution in [2.24, 2.45) is 0 Å². The van der Waals surface area contributed by atoms with Crippen LogP contribution in [0.25, 0.3) is 65.7 Å². The second-order valence-electron chi connectivity index (χ2n) is 11.9. The molecule has 38 heavy (non-hydrogen) atoms. The van der Waals surface area contributed by atoms with Crippen LogP contribution >= 0.6 is 0 Å². The van der Waals surface area contributed by atoms with Gasteiger partial charge in [0.25, 0.3) is 0 Å². The van der Waals surface area contributed by atoms with Gasteiger partial charge in [0.1, 0.15) is 0 Å². The van der Waals surface area contributed by atoms with Crippen molar-refractivity contribution < 1.29 is 0 Å². The van der Waals surface area contributed by atoms with Gasteiger partial charge < -0.3 is 0 Å².